The van der Waals surface area contributed by atoms with Crippen molar-refractivity contribution in [1.29, 1.82) is 0 Å². The summed E-state index contributed by atoms with van der Waals surface area (Å²) in [5.74, 6) is -0.836. The van der Waals surface area contributed by atoms with Gasteiger partial charge in [0.05, 0.1) is 11.1 Å². The van der Waals surface area contributed by atoms with Gasteiger partial charge >= 0.3 is 0 Å². The smallest absolute Gasteiger partial charge is 0.262 e. The van der Waals surface area contributed by atoms with Crippen LogP contribution in [0, 0.1) is 10.8 Å². The highest BCUT2D eigenvalue weighted by Gasteiger charge is 2.53. The van der Waals surface area contributed by atoms with Gasteiger partial charge in [0, 0.05) is 19.0 Å². The summed E-state index contributed by atoms with van der Waals surface area (Å²) in [5, 5.41) is 0. The van der Waals surface area contributed by atoms with E-state index in [1.807, 2.05) is 35.2 Å². The first-order valence-electron chi connectivity index (χ1n) is 11.5. The molecule has 2 fully saturated rings. The van der Waals surface area contributed by atoms with Gasteiger partial charge in [-0.05, 0) is 47.8 Å². The molecule has 5 heteroatoms. The second-order valence-electron chi connectivity index (χ2n) is 10.9. The van der Waals surface area contributed by atoms with Crippen molar-refractivity contribution in [3.05, 3.63) is 71.3 Å². The van der Waals surface area contributed by atoms with Crippen LogP contribution in [0.5, 0.6) is 0 Å². The van der Waals surface area contributed by atoms with Crippen LogP contribution in [-0.2, 0) is 11.2 Å². The lowest BCUT2D eigenvalue weighted by Crippen LogP contribution is -2.53. The predicted octanol–water partition coefficient (Wildman–Crippen LogP) is 4.32. The third kappa shape index (κ3) is 3.44. The molecular weight excluding hydrogens is 400 g/mol. The number of hydrogen-bond acceptors (Lipinski definition) is 3. The van der Waals surface area contributed by atoms with Crippen molar-refractivity contribution in [2.75, 3.05) is 6.54 Å². The lowest BCUT2D eigenvalue weighted by atomic mass is 9.65. The van der Waals surface area contributed by atoms with Crippen LogP contribution in [0.15, 0.2) is 54.6 Å². The van der Waals surface area contributed by atoms with Gasteiger partial charge in [0.15, 0.2) is 0 Å². The molecule has 0 spiro atoms. The van der Waals surface area contributed by atoms with Crippen LogP contribution in [0.2, 0.25) is 0 Å². The molecule has 1 saturated carbocycles. The summed E-state index contributed by atoms with van der Waals surface area (Å²) in [4.78, 5) is 43.8. The molecule has 2 aromatic rings. The van der Waals surface area contributed by atoms with Crippen molar-refractivity contribution in [3.63, 3.8) is 0 Å². The molecule has 0 radical (unpaired) electrons. The van der Waals surface area contributed by atoms with Crippen LogP contribution < -0.4 is 0 Å². The number of carbonyl (C=O) groups is 3. The highest BCUT2D eigenvalue weighted by molar-refractivity contribution is 6.22. The molecule has 2 bridgehead atoms. The standard InChI is InChI=1S/C27H30N2O3/c1-26(2)14-19-15-27(3,16-26)17-28(19)25(32)22(13-18-9-5-4-6-10-18)29-23(30)20-11-7-8-12-21(20)24(29)31/h4-12,19,22H,13-17H2,1-3H3/t19-,22-,27-/m1/s1. The summed E-state index contributed by atoms with van der Waals surface area (Å²) >= 11 is 0. The SMILES string of the molecule is CC1(C)C[C@@H]2C[C@@](C)(CN2C(=O)[C@@H](Cc2ccccc2)N2C(=O)c3ccccc3C2=O)C1. The maximum atomic E-state index is 14.1. The van der Waals surface area contributed by atoms with Crippen LogP contribution in [0.25, 0.3) is 0 Å². The number of benzene rings is 2. The minimum atomic E-state index is -0.837. The maximum Gasteiger partial charge on any atom is 0.262 e. The van der Waals surface area contributed by atoms with E-state index in [4.69, 9.17) is 0 Å². The molecule has 3 aliphatic rings. The van der Waals surface area contributed by atoms with E-state index in [1.54, 1.807) is 24.3 Å². The molecule has 32 heavy (non-hydrogen) atoms. The van der Waals surface area contributed by atoms with Gasteiger partial charge in [-0.15, -0.1) is 0 Å². The zero-order chi connectivity index (χ0) is 22.7. The van der Waals surface area contributed by atoms with Crippen LogP contribution >= 0.6 is 0 Å². The van der Waals surface area contributed by atoms with E-state index in [1.165, 1.54) is 4.90 Å². The van der Waals surface area contributed by atoms with Gasteiger partial charge in [0.2, 0.25) is 5.91 Å². The third-order valence-electron chi connectivity index (χ3n) is 7.39. The van der Waals surface area contributed by atoms with E-state index >= 15 is 0 Å². The molecule has 3 atom stereocenters. The van der Waals surface area contributed by atoms with Crippen molar-refractivity contribution in [1.82, 2.24) is 9.80 Å². The number of rotatable bonds is 4. The second-order valence-corrected chi connectivity index (χ2v) is 10.9. The lowest BCUT2D eigenvalue weighted by Gasteiger charge is -2.39. The molecule has 5 nitrogen and oxygen atoms in total. The van der Waals surface area contributed by atoms with E-state index in [9.17, 15) is 14.4 Å². The van der Waals surface area contributed by atoms with E-state index in [2.05, 4.69) is 20.8 Å². The molecule has 166 valence electrons. The summed E-state index contributed by atoms with van der Waals surface area (Å²) in [6.45, 7) is 7.50. The summed E-state index contributed by atoms with van der Waals surface area (Å²) in [6.07, 6.45) is 3.35. The quantitative estimate of drug-likeness (QED) is 0.679. The molecule has 1 saturated heterocycles. The molecule has 0 aromatic heterocycles. The fourth-order valence-corrected chi connectivity index (χ4v) is 6.53. The Morgan fingerprint density at radius 1 is 0.938 bits per heavy atom. The Morgan fingerprint density at radius 3 is 2.16 bits per heavy atom. The van der Waals surface area contributed by atoms with Gasteiger partial charge in [0.1, 0.15) is 6.04 Å². The van der Waals surface area contributed by atoms with Crippen LogP contribution in [0.4, 0.5) is 0 Å². The van der Waals surface area contributed by atoms with E-state index in [0.29, 0.717) is 24.1 Å². The Kier molecular flexibility index (Phi) is 4.77. The Hall–Kier alpha value is -2.95. The van der Waals surface area contributed by atoms with Gasteiger partial charge in [-0.2, -0.15) is 0 Å². The Bertz CT molecular complexity index is 1060. The minimum Gasteiger partial charge on any atom is -0.337 e. The fraction of sp³-hybridized carbons (Fsp3) is 0.444. The molecule has 2 aromatic carbocycles. The average Bonchev–Trinajstić information content (AvgIpc) is 3.15. The van der Waals surface area contributed by atoms with Crippen LogP contribution in [-0.4, -0.2) is 46.1 Å². The van der Waals surface area contributed by atoms with Crippen molar-refractivity contribution in [3.8, 4) is 0 Å². The molecule has 0 unspecified atom stereocenters. The molecule has 3 amide bonds. The lowest BCUT2D eigenvalue weighted by molar-refractivity contribution is -0.136. The van der Waals surface area contributed by atoms with E-state index in [0.717, 1.165) is 24.8 Å². The van der Waals surface area contributed by atoms with Gasteiger partial charge in [-0.25, -0.2) is 0 Å². The third-order valence-corrected chi connectivity index (χ3v) is 7.39. The van der Waals surface area contributed by atoms with Gasteiger partial charge < -0.3 is 4.90 Å². The van der Waals surface area contributed by atoms with Crippen molar-refractivity contribution < 1.29 is 14.4 Å². The van der Waals surface area contributed by atoms with Crippen LogP contribution in [0.1, 0.15) is 66.3 Å². The van der Waals surface area contributed by atoms with Crippen LogP contribution in [0.3, 0.4) is 0 Å². The van der Waals surface area contributed by atoms with Gasteiger partial charge in [0.25, 0.3) is 11.8 Å². The number of fused-ring (bicyclic) bond motifs is 3. The zero-order valence-corrected chi connectivity index (χ0v) is 19.0. The first-order chi connectivity index (χ1) is 15.2. The Morgan fingerprint density at radius 2 is 1.53 bits per heavy atom. The highest BCUT2D eigenvalue weighted by atomic mass is 16.2. The fourth-order valence-electron chi connectivity index (χ4n) is 6.53. The van der Waals surface area contributed by atoms with Crippen molar-refractivity contribution in [2.45, 2.75) is 58.5 Å². The molecule has 5 rings (SSSR count). The van der Waals surface area contributed by atoms with Crippen molar-refractivity contribution >= 4 is 17.7 Å². The summed E-state index contributed by atoms with van der Waals surface area (Å²) < 4.78 is 0. The number of carbonyl (C=O) groups excluding carboxylic acids is 3. The summed E-state index contributed by atoms with van der Waals surface area (Å²) in [5.41, 5.74) is 1.97. The number of amides is 3. The number of likely N-dealkylation sites (tertiary alicyclic amines) is 1. The molecule has 2 aliphatic heterocycles. The largest absolute Gasteiger partial charge is 0.337 e. The van der Waals surface area contributed by atoms with Gasteiger partial charge in [-0.1, -0.05) is 63.2 Å². The monoisotopic (exact) mass is 430 g/mol. The minimum absolute atomic E-state index is 0.0847. The Balaban J connectivity index is 1.51. The molecule has 1 aliphatic carbocycles. The summed E-state index contributed by atoms with van der Waals surface area (Å²) in [6, 6.07) is 15.9. The van der Waals surface area contributed by atoms with E-state index < -0.39 is 6.04 Å². The first kappa shape index (κ1) is 20.9. The van der Waals surface area contributed by atoms with E-state index in [-0.39, 0.29) is 34.6 Å². The van der Waals surface area contributed by atoms with Crippen molar-refractivity contribution in [2.24, 2.45) is 10.8 Å². The number of nitrogens with zero attached hydrogens (tertiary/aromatic N) is 2. The molecule has 0 N–H and O–H groups in total. The number of imide groups is 1. The molecule has 2 heterocycles. The zero-order valence-electron chi connectivity index (χ0n) is 19.0. The highest BCUT2D eigenvalue weighted by Crippen LogP contribution is 2.52. The molecular formula is C27H30N2O3. The van der Waals surface area contributed by atoms with Gasteiger partial charge in [-0.3, -0.25) is 19.3 Å². The maximum absolute atomic E-state index is 14.1. The second kappa shape index (κ2) is 7.29. The number of hydrogen-bond donors (Lipinski definition) is 0. The first-order valence-corrected chi connectivity index (χ1v) is 11.5. The Labute approximate surface area is 189 Å². The summed E-state index contributed by atoms with van der Waals surface area (Å²) in [7, 11) is 0. The normalized spacial score (nSPS) is 26.9. The topological polar surface area (TPSA) is 57.7 Å². The average molecular weight is 431 g/mol. The predicted molar refractivity (Wildman–Crippen MR) is 122 cm³/mol.